The number of amides is 1. The normalized spacial score (nSPS) is 10.8. The highest BCUT2D eigenvalue weighted by molar-refractivity contribution is 6.01. The zero-order valence-electron chi connectivity index (χ0n) is 17.8. The molecule has 2 aromatic carbocycles. The van der Waals surface area contributed by atoms with E-state index in [4.69, 9.17) is 14.2 Å². The molecule has 0 saturated carbocycles. The van der Waals surface area contributed by atoms with Gasteiger partial charge in [-0.25, -0.2) is 0 Å². The Labute approximate surface area is 188 Å². The zero-order valence-corrected chi connectivity index (χ0v) is 17.8. The van der Waals surface area contributed by atoms with Crippen LogP contribution in [0.5, 0.6) is 17.2 Å². The predicted molar refractivity (Wildman–Crippen MR) is 116 cm³/mol. The molecule has 0 spiro atoms. The van der Waals surface area contributed by atoms with Crippen molar-refractivity contribution < 1.29 is 28.9 Å². The number of methoxy groups -OCH3 is 1. The third-order valence-electron chi connectivity index (χ3n) is 4.11. The molecule has 2 aromatic rings. The zero-order chi connectivity index (χ0) is 24.4. The summed E-state index contributed by atoms with van der Waals surface area (Å²) in [5, 5.41) is 34.1. The highest BCUT2D eigenvalue weighted by Gasteiger charge is 2.22. The van der Waals surface area contributed by atoms with Crippen molar-refractivity contribution in [2.45, 2.75) is 6.92 Å². The lowest BCUT2D eigenvalue weighted by Gasteiger charge is -2.12. The van der Waals surface area contributed by atoms with Gasteiger partial charge in [0.05, 0.1) is 29.1 Å². The molecule has 0 aliphatic heterocycles. The number of nitro groups is 2. The van der Waals surface area contributed by atoms with E-state index < -0.39 is 27.1 Å². The fourth-order valence-corrected chi connectivity index (χ4v) is 2.61. The number of nitrogens with one attached hydrogen (secondary N) is 1. The highest BCUT2D eigenvalue weighted by Crippen LogP contribution is 2.38. The van der Waals surface area contributed by atoms with Crippen molar-refractivity contribution in [2.24, 2.45) is 0 Å². The molecule has 12 nitrogen and oxygen atoms in total. The van der Waals surface area contributed by atoms with Crippen molar-refractivity contribution in [3.63, 3.8) is 0 Å². The minimum absolute atomic E-state index is 0.106. The lowest BCUT2D eigenvalue weighted by atomic mass is 10.1. The summed E-state index contributed by atoms with van der Waals surface area (Å²) in [4.78, 5) is 32.9. The lowest BCUT2D eigenvalue weighted by Crippen LogP contribution is -2.27. The van der Waals surface area contributed by atoms with Crippen LogP contribution in [0.15, 0.2) is 42.0 Å². The van der Waals surface area contributed by atoms with Gasteiger partial charge in [-0.15, -0.1) is 0 Å². The van der Waals surface area contributed by atoms with Gasteiger partial charge in [0.15, 0.2) is 11.5 Å². The number of nitro benzene ring substituents is 2. The van der Waals surface area contributed by atoms with E-state index in [0.29, 0.717) is 12.2 Å². The number of hydrogen-bond acceptors (Lipinski definition) is 9. The van der Waals surface area contributed by atoms with E-state index >= 15 is 0 Å². The second kappa shape index (κ2) is 11.8. The monoisotopic (exact) mass is 456 g/mol. The summed E-state index contributed by atoms with van der Waals surface area (Å²) in [6.07, 6.45) is 1.35. The first-order chi connectivity index (χ1) is 15.8. The molecule has 0 radical (unpaired) electrons. The van der Waals surface area contributed by atoms with Crippen LogP contribution in [0.2, 0.25) is 0 Å². The molecule has 172 valence electrons. The Morgan fingerprint density at radius 3 is 2.45 bits per heavy atom. The average molecular weight is 456 g/mol. The van der Waals surface area contributed by atoms with Gasteiger partial charge in [0, 0.05) is 19.7 Å². The molecule has 1 amide bonds. The summed E-state index contributed by atoms with van der Waals surface area (Å²) in [5.41, 5.74) is -0.738. The maximum atomic E-state index is 12.1. The summed E-state index contributed by atoms with van der Waals surface area (Å²) in [6, 6.07) is 9.29. The SMILES string of the molecule is CCOc1cc(/C=C(\C#N)C(=O)NCCOC)ccc1Oc1ccc([N+](=O)[O-])cc1[N+](=O)[O-]. The van der Waals surface area contributed by atoms with Crippen molar-refractivity contribution in [1.29, 1.82) is 5.26 Å². The van der Waals surface area contributed by atoms with Crippen LogP contribution >= 0.6 is 0 Å². The summed E-state index contributed by atoms with van der Waals surface area (Å²) < 4.78 is 16.0. The Bertz CT molecular complexity index is 1120. The van der Waals surface area contributed by atoms with E-state index in [-0.39, 0.29) is 36.0 Å². The first kappa shape index (κ1) is 24.8. The number of ether oxygens (including phenoxy) is 3. The summed E-state index contributed by atoms with van der Waals surface area (Å²) in [6.45, 7) is 2.47. The van der Waals surface area contributed by atoms with Crippen molar-refractivity contribution in [3.8, 4) is 23.3 Å². The molecular weight excluding hydrogens is 436 g/mol. The van der Waals surface area contributed by atoms with Gasteiger partial charge in [-0.05, 0) is 36.8 Å². The van der Waals surface area contributed by atoms with E-state index in [1.165, 1.54) is 31.4 Å². The van der Waals surface area contributed by atoms with Gasteiger partial charge in [-0.2, -0.15) is 5.26 Å². The minimum atomic E-state index is -0.790. The molecule has 0 aliphatic rings. The third-order valence-corrected chi connectivity index (χ3v) is 4.11. The van der Waals surface area contributed by atoms with Crippen molar-refractivity contribution in [1.82, 2.24) is 5.32 Å². The van der Waals surface area contributed by atoms with Gasteiger partial charge in [0.2, 0.25) is 5.75 Å². The number of carbonyl (C=O) groups excluding carboxylic acids is 1. The maximum Gasteiger partial charge on any atom is 0.318 e. The lowest BCUT2D eigenvalue weighted by molar-refractivity contribution is -0.394. The molecule has 0 saturated heterocycles. The molecule has 0 aliphatic carbocycles. The van der Waals surface area contributed by atoms with Gasteiger partial charge in [-0.1, -0.05) is 6.07 Å². The van der Waals surface area contributed by atoms with E-state index in [1.54, 1.807) is 6.92 Å². The number of nitrogens with zero attached hydrogens (tertiary/aromatic N) is 3. The van der Waals surface area contributed by atoms with E-state index in [9.17, 15) is 30.3 Å². The van der Waals surface area contributed by atoms with E-state index in [1.807, 2.05) is 6.07 Å². The standard InChI is InChI=1S/C21H20N4O8/c1-3-32-20-11-14(10-15(13-22)21(26)23-8-9-31-2)4-6-19(20)33-18-7-5-16(24(27)28)12-17(18)25(29)30/h4-7,10-12H,3,8-9H2,1-2H3,(H,23,26)/b15-10+. The highest BCUT2D eigenvalue weighted by atomic mass is 16.6. The molecule has 0 atom stereocenters. The molecule has 12 heteroatoms. The van der Waals surface area contributed by atoms with Crippen LogP contribution in [0.1, 0.15) is 12.5 Å². The van der Waals surface area contributed by atoms with Crippen LogP contribution < -0.4 is 14.8 Å². The molecule has 2 rings (SSSR count). The Balaban J connectivity index is 2.38. The van der Waals surface area contributed by atoms with Crippen molar-refractivity contribution in [3.05, 3.63) is 67.8 Å². The topological polar surface area (TPSA) is 167 Å². The van der Waals surface area contributed by atoms with Crippen LogP contribution in [0.4, 0.5) is 11.4 Å². The smallest absolute Gasteiger partial charge is 0.318 e. The van der Waals surface area contributed by atoms with Gasteiger partial charge < -0.3 is 19.5 Å². The summed E-state index contributed by atoms with van der Waals surface area (Å²) >= 11 is 0. The fraction of sp³-hybridized carbons (Fsp3) is 0.238. The van der Waals surface area contributed by atoms with Gasteiger partial charge in [0.25, 0.3) is 11.6 Å². The minimum Gasteiger partial charge on any atom is -0.490 e. The van der Waals surface area contributed by atoms with Gasteiger partial charge in [-0.3, -0.25) is 25.0 Å². The summed E-state index contributed by atoms with van der Waals surface area (Å²) in [7, 11) is 1.48. The van der Waals surface area contributed by atoms with Crippen LogP contribution in [0.3, 0.4) is 0 Å². The van der Waals surface area contributed by atoms with Crippen molar-refractivity contribution >= 4 is 23.4 Å². The number of nitriles is 1. The molecule has 0 unspecified atom stereocenters. The first-order valence-corrected chi connectivity index (χ1v) is 9.57. The number of rotatable bonds is 11. The summed E-state index contributed by atoms with van der Waals surface area (Å²) in [5.74, 6) is -0.496. The molecule has 0 bridgehead atoms. The molecule has 0 heterocycles. The molecule has 0 aromatic heterocycles. The van der Waals surface area contributed by atoms with Crippen LogP contribution in [0, 0.1) is 31.6 Å². The average Bonchev–Trinajstić information content (AvgIpc) is 2.79. The molecular formula is C21H20N4O8. The van der Waals surface area contributed by atoms with Crippen LogP contribution in [0.25, 0.3) is 6.08 Å². The first-order valence-electron chi connectivity index (χ1n) is 9.57. The van der Waals surface area contributed by atoms with E-state index in [2.05, 4.69) is 5.32 Å². The predicted octanol–water partition coefficient (Wildman–Crippen LogP) is 3.36. The number of non-ortho nitro benzene ring substituents is 1. The van der Waals surface area contributed by atoms with Gasteiger partial charge >= 0.3 is 5.69 Å². The Morgan fingerprint density at radius 1 is 1.12 bits per heavy atom. The number of hydrogen-bond donors (Lipinski definition) is 1. The largest absolute Gasteiger partial charge is 0.490 e. The Hall–Kier alpha value is -4.50. The van der Waals surface area contributed by atoms with Crippen LogP contribution in [-0.4, -0.2) is 42.6 Å². The Kier molecular flexibility index (Phi) is 8.84. The van der Waals surface area contributed by atoms with Gasteiger partial charge in [0.1, 0.15) is 11.6 Å². The van der Waals surface area contributed by atoms with Crippen molar-refractivity contribution in [2.75, 3.05) is 26.9 Å². The maximum absolute atomic E-state index is 12.1. The third kappa shape index (κ3) is 6.74. The van der Waals surface area contributed by atoms with E-state index in [0.717, 1.165) is 18.2 Å². The number of benzene rings is 2. The fourth-order valence-electron chi connectivity index (χ4n) is 2.61. The number of carbonyl (C=O) groups is 1. The molecule has 0 fully saturated rings. The molecule has 33 heavy (non-hydrogen) atoms. The quantitative estimate of drug-likeness (QED) is 0.175. The Morgan fingerprint density at radius 2 is 1.85 bits per heavy atom. The molecule has 1 N–H and O–H groups in total. The second-order valence-electron chi connectivity index (χ2n) is 6.33. The van der Waals surface area contributed by atoms with Crippen LogP contribution in [-0.2, 0) is 9.53 Å². The second-order valence-corrected chi connectivity index (χ2v) is 6.33.